The quantitative estimate of drug-likeness (QED) is 0.502. The van der Waals surface area contributed by atoms with Gasteiger partial charge in [0.1, 0.15) is 11.4 Å². The number of carbonyl (C=O) groups is 2. The summed E-state index contributed by atoms with van der Waals surface area (Å²) >= 11 is 6.11. The van der Waals surface area contributed by atoms with Gasteiger partial charge in [-0.05, 0) is 63.1 Å². The number of anilines is 1. The fourth-order valence-electron chi connectivity index (χ4n) is 3.72. The summed E-state index contributed by atoms with van der Waals surface area (Å²) in [6, 6.07) is 7.65. The number of likely N-dealkylation sites (tertiary alicyclic amines) is 1. The number of halogens is 4. The van der Waals surface area contributed by atoms with E-state index in [1.165, 1.54) is 18.1 Å². The van der Waals surface area contributed by atoms with Crippen LogP contribution in [-0.4, -0.2) is 48.7 Å². The van der Waals surface area contributed by atoms with Crippen LogP contribution in [0.3, 0.4) is 0 Å². The third-order valence-electron chi connectivity index (χ3n) is 5.46. The first-order valence-electron chi connectivity index (χ1n) is 11.3. The Labute approximate surface area is 212 Å². The lowest BCUT2D eigenvalue weighted by Gasteiger charge is -2.24. The first kappa shape index (κ1) is 27.4. The molecule has 2 amide bonds. The second-order valence-electron chi connectivity index (χ2n) is 9.47. The van der Waals surface area contributed by atoms with Crippen LogP contribution in [0.2, 0.25) is 5.02 Å². The third-order valence-corrected chi connectivity index (χ3v) is 5.76. The highest BCUT2D eigenvalue weighted by atomic mass is 35.5. The van der Waals surface area contributed by atoms with Gasteiger partial charge >= 0.3 is 12.3 Å². The van der Waals surface area contributed by atoms with Crippen molar-refractivity contribution >= 4 is 29.3 Å². The Balaban J connectivity index is 1.75. The largest absolute Gasteiger partial charge is 0.495 e. The van der Waals surface area contributed by atoms with Gasteiger partial charge in [-0.25, -0.2) is 4.79 Å². The molecular weight excluding hydrogens is 499 g/mol. The molecule has 2 N–H and O–H groups in total. The number of nitrogens with zero attached hydrogens (tertiary/aromatic N) is 1. The molecule has 0 bridgehead atoms. The van der Waals surface area contributed by atoms with E-state index in [9.17, 15) is 22.8 Å². The Bertz CT molecular complexity index is 1120. The van der Waals surface area contributed by atoms with Crippen molar-refractivity contribution in [3.63, 3.8) is 0 Å². The van der Waals surface area contributed by atoms with Crippen molar-refractivity contribution in [3.8, 4) is 5.75 Å². The van der Waals surface area contributed by atoms with E-state index in [-0.39, 0.29) is 23.8 Å². The predicted molar refractivity (Wildman–Crippen MR) is 130 cm³/mol. The molecule has 1 saturated heterocycles. The second kappa shape index (κ2) is 10.9. The molecule has 7 nitrogen and oxygen atoms in total. The maximum Gasteiger partial charge on any atom is 0.416 e. The molecule has 1 aliphatic rings. The van der Waals surface area contributed by atoms with Crippen molar-refractivity contribution in [1.82, 2.24) is 10.2 Å². The average Bonchev–Trinajstić information content (AvgIpc) is 3.25. The summed E-state index contributed by atoms with van der Waals surface area (Å²) < 4.78 is 50.6. The van der Waals surface area contributed by atoms with Crippen molar-refractivity contribution in [2.75, 3.05) is 25.5 Å². The number of amides is 2. The van der Waals surface area contributed by atoms with Gasteiger partial charge in [0.2, 0.25) is 0 Å². The third kappa shape index (κ3) is 7.19. The van der Waals surface area contributed by atoms with Crippen LogP contribution in [0.1, 0.15) is 48.7 Å². The van der Waals surface area contributed by atoms with Crippen LogP contribution in [0.25, 0.3) is 0 Å². The summed E-state index contributed by atoms with van der Waals surface area (Å²) in [6.45, 7) is 6.07. The topological polar surface area (TPSA) is 79.9 Å². The Morgan fingerprint density at radius 1 is 1.14 bits per heavy atom. The fourth-order valence-corrected chi connectivity index (χ4v) is 4.00. The Morgan fingerprint density at radius 3 is 2.47 bits per heavy atom. The SMILES string of the molecule is COc1ccc(CNC(=O)c2cc(C(F)(F)F)ccc2NC2CCN(C(=O)OC(C)(C)C)C2)cc1Cl. The number of benzene rings is 2. The lowest BCUT2D eigenvalue weighted by molar-refractivity contribution is -0.137. The van der Waals surface area contributed by atoms with E-state index in [4.69, 9.17) is 21.1 Å². The highest BCUT2D eigenvalue weighted by molar-refractivity contribution is 6.32. The highest BCUT2D eigenvalue weighted by Gasteiger charge is 2.33. The summed E-state index contributed by atoms with van der Waals surface area (Å²) in [4.78, 5) is 26.8. The first-order valence-corrected chi connectivity index (χ1v) is 11.7. The number of carbonyl (C=O) groups excluding carboxylic acids is 2. The van der Waals surface area contributed by atoms with Crippen molar-refractivity contribution in [2.24, 2.45) is 0 Å². The van der Waals surface area contributed by atoms with E-state index in [0.717, 1.165) is 12.1 Å². The molecule has 0 aliphatic carbocycles. The lowest BCUT2D eigenvalue weighted by Crippen LogP contribution is -2.36. The van der Waals surface area contributed by atoms with E-state index in [1.54, 1.807) is 39.0 Å². The minimum Gasteiger partial charge on any atom is -0.495 e. The minimum atomic E-state index is -4.61. The summed E-state index contributed by atoms with van der Waals surface area (Å²) in [7, 11) is 1.47. The zero-order valence-electron chi connectivity index (χ0n) is 20.5. The van der Waals surface area contributed by atoms with Crippen LogP contribution in [0.4, 0.5) is 23.7 Å². The van der Waals surface area contributed by atoms with Crippen LogP contribution in [0, 0.1) is 0 Å². The predicted octanol–water partition coefficient (Wildman–Crippen LogP) is 5.72. The number of alkyl halides is 3. The molecule has 0 saturated carbocycles. The lowest BCUT2D eigenvalue weighted by atomic mass is 10.1. The van der Waals surface area contributed by atoms with Gasteiger partial charge in [-0.2, -0.15) is 13.2 Å². The zero-order valence-corrected chi connectivity index (χ0v) is 21.2. The Hall–Kier alpha value is -3.14. The molecule has 0 aromatic heterocycles. The minimum absolute atomic E-state index is 0.0497. The van der Waals surface area contributed by atoms with Gasteiger partial charge in [0.05, 0.1) is 23.3 Å². The number of nitrogens with one attached hydrogen (secondary N) is 2. The molecule has 196 valence electrons. The van der Waals surface area contributed by atoms with E-state index >= 15 is 0 Å². The highest BCUT2D eigenvalue weighted by Crippen LogP contribution is 2.33. The molecule has 11 heteroatoms. The maximum atomic E-state index is 13.4. The number of rotatable bonds is 6. The van der Waals surface area contributed by atoms with Crippen LogP contribution in [-0.2, 0) is 17.5 Å². The second-order valence-corrected chi connectivity index (χ2v) is 9.87. The Kier molecular flexibility index (Phi) is 8.28. The van der Waals surface area contributed by atoms with Crippen molar-refractivity contribution in [1.29, 1.82) is 0 Å². The van der Waals surface area contributed by atoms with Gasteiger partial charge in [0, 0.05) is 31.4 Å². The fraction of sp³-hybridized carbons (Fsp3) is 0.440. The van der Waals surface area contributed by atoms with Gasteiger partial charge in [-0.15, -0.1) is 0 Å². The van der Waals surface area contributed by atoms with E-state index in [0.29, 0.717) is 35.8 Å². The molecule has 1 unspecified atom stereocenters. The number of ether oxygens (including phenoxy) is 2. The monoisotopic (exact) mass is 527 g/mol. The molecule has 1 heterocycles. The van der Waals surface area contributed by atoms with Gasteiger partial charge in [-0.3, -0.25) is 4.79 Å². The van der Waals surface area contributed by atoms with Gasteiger partial charge < -0.3 is 25.0 Å². The van der Waals surface area contributed by atoms with Gasteiger partial charge in [-0.1, -0.05) is 17.7 Å². The van der Waals surface area contributed by atoms with E-state index in [1.807, 2.05) is 0 Å². The zero-order chi connectivity index (χ0) is 26.7. The Morgan fingerprint density at radius 2 is 1.86 bits per heavy atom. The molecule has 0 radical (unpaired) electrons. The summed E-state index contributed by atoms with van der Waals surface area (Å²) in [6.07, 6.45) is -4.53. The van der Waals surface area contributed by atoms with E-state index in [2.05, 4.69) is 10.6 Å². The molecule has 1 fully saturated rings. The molecular formula is C25H29ClF3N3O4. The standard InChI is InChI=1S/C25H29ClF3N3O4/c1-24(2,3)36-23(34)32-10-9-17(14-32)31-20-7-6-16(25(27,28)29)12-18(20)22(33)30-13-15-5-8-21(35-4)19(26)11-15/h5-8,11-12,17,31H,9-10,13-14H2,1-4H3,(H,30,33). The molecule has 3 rings (SSSR count). The number of hydrogen-bond donors (Lipinski definition) is 2. The van der Waals surface area contributed by atoms with Gasteiger partial charge in [0.15, 0.2) is 0 Å². The van der Waals surface area contributed by atoms with Crippen LogP contribution >= 0.6 is 11.6 Å². The average molecular weight is 528 g/mol. The first-order chi connectivity index (χ1) is 16.8. The smallest absolute Gasteiger partial charge is 0.416 e. The number of hydrogen-bond acceptors (Lipinski definition) is 5. The van der Waals surface area contributed by atoms with Crippen LogP contribution < -0.4 is 15.4 Å². The molecule has 2 aromatic rings. The van der Waals surface area contributed by atoms with E-state index < -0.39 is 29.3 Å². The van der Waals surface area contributed by atoms with Crippen LogP contribution in [0.15, 0.2) is 36.4 Å². The van der Waals surface area contributed by atoms with Crippen molar-refractivity contribution in [3.05, 3.63) is 58.1 Å². The molecule has 1 atom stereocenters. The molecule has 36 heavy (non-hydrogen) atoms. The number of methoxy groups -OCH3 is 1. The summed E-state index contributed by atoms with van der Waals surface area (Å²) in [5.41, 5.74) is -0.841. The molecule has 2 aromatic carbocycles. The van der Waals surface area contributed by atoms with Crippen molar-refractivity contribution < 1.29 is 32.2 Å². The van der Waals surface area contributed by atoms with Gasteiger partial charge in [0.25, 0.3) is 5.91 Å². The summed E-state index contributed by atoms with van der Waals surface area (Å²) in [5, 5.41) is 6.12. The maximum absolute atomic E-state index is 13.4. The molecule has 1 aliphatic heterocycles. The van der Waals surface area contributed by atoms with Crippen LogP contribution in [0.5, 0.6) is 5.75 Å². The molecule has 0 spiro atoms. The normalized spacial score (nSPS) is 16.0. The van der Waals surface area contributed by atoms with Crippen molar-refractivity contribution in [2.45, 2.75) is 51.6 Å². The summed E-state index contributed by atoms with van der Waals surface area (Å²) in [5.74, 6) is -0.217.